The van der Waals surface area contributed by atoms with Gasteiger partial charge in [-0.3, -0.25) is 0 Å². The molecule has 0 fully saturated rings. The molecule has 48 N–H and O–H groups in total. The maximum absolute atomic E-state index is 6.68. The normalized spacial score (nSPS) is 5.23. The Morgan fingerprint density at radius 1 is 0.194 bits per heavy atom. The van der Waals surface area contributed by atoms with Crippen molar-refractivity contribution < 1.29 is 246 Å². The average Bonchev–Trinajstić information content (AvgIpc) is 0.592. The van der Waals surface area contributed by atoms with E-state index in [1.165, 1.54) is 0 Å². The molecule has 0 radical (unpaired) electrons. The Bertz CT molecular complexity index is 86.6. The smallest absolute Gasteiger partial charge is 0 e. The first-order chi connectivity index (χ1) is 2.45. The van der Waals surface area contributed by atoms with E-state index >= 15 is 0 Å². The van der Waals surface area contributed by atoms with Crippen LogP contribution in [0.2, 0.25) is 0 Å². The third kappa shape index (κ3) is 2210. The van der Waals surface area contributed by atoms with Crippen molar-refractivity contribution in [1.29, 1.82) is 0 Å². The Labute approximate surface area is 260 Å². The largest absolute Gasteiger partial charge is 0 e. The summed E-state index contributed by atoms with van der Waals surface area (Å²) in [5.41, 5.74) is 0. The van der Waals surface area contributed by atoms with Gasteiger partial charge in [-0.15, -0.1) is 0 Å². The van der Waals surface area contributed by atoms with E-state index in [2.05, 4.69) is 0 Å². The summed E-state index contributed by atoms with van der Waals surface area (Å²) in [6, 6.07) is 0. The van der Waals surface area contributed by atoms with Crippen LogP contribution in [-0.2, 0) is 126 Å². The second-order valence-corrected chi connectivity index (χ2v) is 10.3. The molecule has 31 heavy (non-hydrogen) atoms. The topological polar surface area (TPSA) is 704 Å². The van der Waals surface area contributed by atoms with Crippen LogP contribution in [0.5, 0.6) is 0 Å². The molecular weight excluding hydrogens is 1610 g/mol. The molecule has 0 spiro atoms. The summed E-state index contributed by atoms with van der Waals surface area (Å²) in [5, 5.41) is 0. The van der Waals surface area contributed by atoms with Gasteiger partial charge in [0.2, 0.25) is 0 Å². The number of hydrogen-bond acceptors (Lipinski definition) is 0. The zero-order chi connectivity index (χ0) is 6.41. The van der Waals surface area contributed by atoms with E-state index < -0.39 is 17.9 Å². The van der Waals surface area contributed by atoms with Crippen LogP contribution < -0.4 is 0 Å². The molecule has 0 aromatic carbocycles. The third-order valence-corrected chi connectivity index (χ3v) is 0. The van der Waals surface area contributed by atoms with Gasteiger partial charge in [0.1, 0.15) is 0 Å². The van der Waals surface area contributed by atoms with Gasteiger partial charge in [0.15, 0.2) is 0 Å². The van der Waals surface area contributed by atoms with E-state index in [9.17, 15) is 0 Å². The molecule has 24 nitrogen and oxygen atoms in total. The predicted octanol–water partition coefficient (Wildman–Crippen LogP) is -20.2. The SMILES string of the molecule is O.O.O.O.O.O.O.O.O.O.O.O.O.O.O.O.O.O.[OH2+][Te]([OH2+])([OH2+])([OH2+])([OH2+])[OH2+].[W].[W].[W].[W].[W].[W]. The standard InChI is InChI=1S/H6O6Te.18H2O.6W/c1-7(2,3,4,5)6;;;;;;;;;;;;;;;;;;;;;;;;/h1-6H;18*1H2;;;;;;/p+6. The predicted molar refractivity (Wildman–Crippen MR) is 92.5 cm³/mol. The summed E-state index contributed by atoms with van der Waals surface area (Å²) in [6.07, 6.45) is 0. The Morgan fingerprint density at radius 3 is 0.194 bits per heavy atom. The van der Waals surface area contributed by atoms with Crippen LogP contribution in [0.3, 0.4) is 0 Å². The van der Waals surface area contributed by atoms with E-state index in [1.807, 2.05) is 0 Å². The quantitative estimate of drug-likeness (QED) is 0.161. The van der Waals surface area contributed by atoms with Crippen molar-refractivity contribution in [3.8, 4) is 0 Å². The fourth-order valence-corrected chi connectivity index (χ4v) is 0. The first-order valence-electron chi connectivity index (χ1n) is 1.22. The van der Waals surface area contributed by atoms with Crippen molar-refractivity contribution in [3.63, 3.8) is 0 Å². The van der Waals surface area contributed by atoms with E-state index in [-0.39, 0.29) is 225 Å². The molecule has 228 valence electrons. The minimum atomic E-state index is -6.68. The van der Waals surface area contributed by atoms with Crippen molar-refractivity contribution in [2.75, 3.05) is 0 Å². The molecule has 0 aliphatic carbocycles. The minimum Gasteiger partial charge on any atom is 0 e. The molecular formula is H48O24TeW6+6. The third-order valence-electron chi connectivity index (χ3n) is 0. The Kier molecular flexibility index (Phi) is 1350. The van der Waals surface area contributed by atoms with Gasteiger partial charge in [-0.25, -0.2) is 0 Å². The zero-order valence-electron chi connectivity index (χ0n) is 14.9. The van der Waals surface area contributed by atoms with E-state index in [0.717, 1.165) is 0 Å². The van der Waals surface area contributed by atoms with Gasteiger partial charge in [-0.1, -0.05) is 0 Å². The average molecular weight is 1660 g/mol. The van der Waals surface area contributed by atoms with Crippen LogP contribution in [0.25, 0.3) is 0 Å². The van der Waals surface area contributed by atoms with Crippen LogP contribution in [0.4, 0.5) is 0 Å². The number of rotatable bonds is 0. The molecule has 0 aromatic rings. The summed E-state index contributed by atoms with van der Waals surface area (Å²) in [5.74, 6) is 0. The zero-order valence-corrected chi connectivity index (χ0v) is 34.8. The summed E-state index contributed by atoms with van der Waals surface area (Å²) in [6.45, 7) is 0. The molecule has 0 aliphatic heterocycles. The van der Waals surface area contributed by atoms with Crippen LogP contribution >= 0.6 is 0 Å². The molecule has 0 bridgehead atoms. The maximum Gasteiger partial charge on any atom is 0 e. The second-order valence-electron chi connectivity index (χ2n) is 1.53. The van der Waals surface area contributed by atoms with Crippen LogP contribution in [-0.4, -0.2) is 137 Å². The van der Waals surface area contributed by atoms with Crippen molar-refractivity contribution in [2.45, 2.75) is 0 Å². The molecule has 0 saturated heterocycles. The maximum atomic E-state index is 6.17. The van der Waals surface area contributed by atoms with E-state index in [1.54, 1.807) is 0 Å². The van der Waals surface area contributed by atoms with Crippen molar-refractivity contribution in [3.05, 3.63) is 0 Å². The fourth-order valence-electron chi connectivity index (χ4n) is 0. The van der Waals surface area contributed by atoms with Gasteiger partial charge >= 0.3 is 38.7 Å². The summed E-state index contributed by atoms with van der Waals surface area (Å²) >= 11 is -6.68. The van der Waals surface area contributed by atoms with E-state index in [0.29, 0.717) is 0 Å². The van der Waals surface area contributed by atoms with Crippen molar-refractivity contribution in [1.82, 2.24) is 0 Å². The van der Waals surface area contributed by atoms with Gasteiger partial charge in [0.25, 0.3) is 0 Å². The van der Waals surface area contributed by atoms with Gasteiger partial charge in [0.05, 0.1) is 0 Å². The first-order valence-corrected chi connectivity index (χ1v) is 8.22. The second kappa shape index (κ2) is 103. The van der Waals surface area contributed by atoms with Gasteiger partial charge < -0.3 is 98.6 Å². The molecule has 0 unspecified atom stereocenters. The molecule has 0 amide bonds. The Hall–Kier alpha value is 3.96. The van der Waals surface area contributed by atoms with Gasteiger partial charge in [-0.05, 0) is 0 Å². The molecule has 0 aromatic heterocycles. The molecule has 0 atom stereocenters. The van der Waals surface area contributed by atoms with Crippen LogP contribution in [0.1, 0.15) is 0 Å². The Balaban J connectivity index is -0.000000000652. The minimum absolute atomic E-state index is 0. The molecule has 0 heterocycles. The van der Waals surface area contributed by atoms with Crippen LogP contribution in [0, 0.1) is 0 Å². The number of hydrogen-bond donors (Lipinski definition) is 0. The summed E-state index contributed by atoms with van der Waals surface area (Å²) in [7, 11) is 0. The van der Waals surface area contributed by atoms with Crippen molar-refractivity contribution >= 4 is 17.9 Å². The molecule has 0 saturated carbocycles. The van der Waals surface area contributed by atoms with Gasteiger partial charge in [0, 0.05) is 126 Å². The summed E-state index contributed by atoms with van der Waals surface area (Å²) in [4.78, 5) is 0. The van der Waals surface area contributed by atoms with Crippen molar-refractivity contribution in [2.24, 2.45) is 0 Å². The molecule has 0 rings (SSSR count). The summed E-state index contributed by atoms with van der Waals surface area (Å²) < 4.78 is 37.0. The monoisotopic (exact) mass is 1670 g/mol. The van der Waals surface area contributed by atoms with Crippen LogP contribution in [0.15, 0.2) is 0 Å². The van der Waals surface area contributed by atoms with Gasteiger partial charge in [-0.2, -0.15) is 0 Å². The fraction of sp³-hybridized carbons (Fsp3) is 0. The first kappa shape index (κ1) is 406. The molecule has 31 heteroatoms. The molecule has 0 aliphatic rings. The van der Waals surface area contributed by atoms with E-state index in [4.69, 9.17) is 20.8 Å². The Morgan fingerprint density at radius 2 is 0.194 bits per heavy atom.